The van der Waals surface area contributed by atoms with Crippen molar-refractivity contribution in [1.29, 1.82) is 5.26 Å². The molecule has 7 heteroatoms. The minimum Gasteiger partial charge on any atom is -0.507 e. The molecule has 0 aliphatic rings. The maximum absolute atomic E-state index is 13.2. The van der Waals surface area contributed by atoms with Crippen molar-refractivity contribution < 1.29 is 17.9 Å². The summed E-state index contributed by atoms with van der Waals surface area (Å²) in [5, 5.41) is 18.2. The van der Waals surface area contributed by atoms with Crippen LogP contribution in [0.5, 0.6) is 5.75 Å². The van der Waals surface area contributed by atoms with Gasteiger partial charge in [-0.15, -0.1) is 0 Å². The minimum absolute atomic E-state index is 0.0335. The van der Waals surface area contributed by atoms with E-state index in [2.05, 4.69) is 4.72 Å². The van der Waals surface area contributed by atoms with Crippen LogP contribution in [-0.4, -0.2) is 13.5 Å². The predicted molar refractivity (Wildman–Crippen MR) is 70.0 cm³/mol. The summed E-state index contributed by atoms with van der Waals surface area (Å²) in [7, 11) is -4.01. The zero-order valence-electron chi connectivity index (χ0n) is 10.0. The van der Waals surface area contributed by atoms with E-state index in [0.717, 1.165) is 12.1 Å². The number of nitriles is 1. The van der Waals surface area contributed by atoms with Gasteiger partial charge in [-0.3, -0.25) is 4.72 Å². The summed E-state index contributed by atoms with van der Waals surface area (Å²) in [5.74, 6) is -1.14. The molecular weight excluding hydrogens is 283 g/mol. The second kappa shape index (κ2) is 5.19. The molecule has 2 rings (SSSR count). The van der Waals surface area contributed by atoms with Crippen LogP contribution in [0.15, 0.2) is 47.4 Å². The first kappa shape index (κ1) is 13.8. The van der Waals surface area contributed by atoms with E-state index in [9.17, 15) is 17.9 Å². The summed E-state index contributed by atoms with van der Waals surface area (Å²) in [4.78, 5) is -0.303. The molecule has 0 radical (unpaired) electrons. The molecule has 20 heavy (non-hydrogen) atoms. The highest BCUT2D eigenvalue weighted by atomic mass is 32.2. The van der Waals surface area contributed by atoms with Gasteiger partial charge in [-0.05, 0) is 30.3 Å². The average molecular weight is 292 g/mol. The Hall–Kier alpha value is -2.59. The molecule has 2 aromatic carbocycles. The lowest BCUT2D eigenvalue weighted by Crippen LogP contribution is -2.13. The highest BCUT2D eigenvalue weighted by molar-refractivity contribution is 7.92. The van der Waals surface area contributed by atoms with Gasteiger partial charge in [0.05, 0.1) is 11.3 Å². The first-order chi connectivity index (χ1) is 9.44. The number of halogens is 1. The molecule has 0 spiro atoms. The van der Waals surface area contributed by atoms with Crippen LogP contribution in [0.1, 0.15) is 5.56 Å². The number of hydrogen-bond acceptors (Lipinski definition) is 4. The van der Waals surface area contributed by atoms with Crippen LogP contribution in [0.3, 0.4) is 0 Å². The van der Waals surface area contributed by atoms with Gasteiger partial charge in [-0.1, -0.05) is 12.1 Å². The van der Waals surface area contributed by atoms with Gasteiger partial charge in [0.2, 0.25) is 0 Å². The third-order valence-corrected chi connectivity index (χ3v) is 3.92. The molecule has 0 fully saturated rings. The predicted octanol–water partition coefficient (Wildman–Crippen LogP) is 2.20. The van der Waals surface area contributed by atoms with Gasteiger partial charge in [-0.25, -0.2) is 12.8 Å². The van der Waals surface area contributed by atoms with Crippen LogP contribution in [-0.2, 0) is 10.0 Å². The quantitative estimate of drug-likeness (QED) is 0.907. The van der Waals surface area contributed by atoms with Crippen molar-refractivity contribution in [3.8, 4) is 11.8 Å². The van der Waals surface area contributed by atoms with Gasteiger partial charge in [0, 0.05) is 0 Å². The van der Waals surface area contributed by atoms with Gasteiger partial charge >= 0.3 is 0 Å². The van der Waals surface area contributed by atoms with Crippen molar-refractivity contribution in [3.63, 3.8) is 0 Å². The molecule has 0 saturated carbocycles. The number of aromatic hydroxyl groups is 1. The smallest absolute Gasteiger partial charge is 0.265 e. The second-order valence-corrected chi connectivity index (χ2v) is 5.53. The Morgan fingerprint density at radius 3 is 2.55 bits per heavy atom. The summed E-state index contributed by atoms with van der Waals surface area (Å²) in [5.41, 5.74) is -0.242. The average Bonchev–Trinajstić information content (AvgIpc) is 2.41. The number of hydrogen-bond donors (Lipinski definition) is 2. The first-order valence-electron chi connectivity index (χ1n) is 5.44. The van der Waals surface area contributed by atoms with E-state index < -0.39 is 21.6 Å². The van der Waals surface area contributed by atoms with Crippen LogP contribution >= 0.6 is 0 Å². The highest BCUT2D eigenvalue weighted by Crippen LogP contribution is 2.24. The van der Waals surface area contributed by atoms with E-state index in [1.165, 1.54) is 30.3 Å². The van der Waals surface area contributed by atoms with E-state index in [4.69, 9.17) is 5.26 Å². The Morgan fingerprint density at radius 2 is 1.90 bits per heavy atom. The molecule has 0 unspecified atom stereocenters. The zero-order valence-corrected chi connectivity index (χ0v) is 10.9. The van der Waals surface area contributed by atoms with Crippen molar-refractivity contribution in [2.24, 2.45) is 0 Å². The topological polar surface area (TPSA) is 90.2 Å². The van der Waals surface area contributed by atoms with Gasteiger partial charge in [0.25, 0.3) is 10.0 Å². The summed E-state index contributed by atoms with van der Waals surface area (Å²) in [6.45, 7) is 0. The molecule has 5 nitrogen and oxygen atoms in total. The summed E-state index contributed by atoms with van der Waals surface area (Å²) >= 11 is 0. The number of anilines is 1. The minimum atomic E-state index is -4.01. The van der Waals surface area contributed by atoms with Crippen molar-refractivity contribution in [3.05, 3.63) is 53.8 Å². The molecule has 102 valence electrons. The molecular formula is C13H9FN2O3S. The zero-order chi connectivity index (χ0) is 14.8. The number of nitrogens with one attached hydrogen (secondary N) is 1. The van der Waals surface area contributed by atoms with Crippen LogP contribution in [0, 0.1) is 17.1 Å². The standard InChI is InChI=1S/C13H9FN2O3S/c14-11-6-5-10(7-9(11)8-15)16-20(18,19)13-4-2-1-3-12(13)17/h1-7,16-17H. The fraction of sp³-hybridized carbons (Fsp3) is 0. The number of phenols is 1. The third-order valence-electron chi connectivity index (χ3n) is 2.49. The fourth-order valence-electron chi connectivity index (χ4n) is 1.57. The molecule has 0 heterocycles. The first-order valence-corrected chi connectivity index (χ1v) is 6.93. The molecule has 0 bridgehead atoms. The van der Waals surface area contributed by atoms with E-state index in [-0.39, 0.29) is 16.1 Å². The summed E-state index contributed by atoms with van der Waals surface area (Å²) < 4.78 is 39.4. The number of sulfonamides is 1. The largest absolute Gasteiger partial charge is 0.507 e. The number of phenolic OH excluding ortho intramolecular Hbond substituents is 1. The number of nitrogens with zero attached hydrogens (tertiary/aromatic N) is 1. The Balaban J connectivity index is 2.39. The molecule has 2 N–H and O–H groups in total. The van der Waals surface area contributed by atoms with E-state index in [1.807, 2.05) is 0 Å². The van der Waals surface area contributed by atoms with Gasteiger partial charge in [-0.2, -0.15) is 5.26 Å². The van der Waals surface area contributed by atoms with Crippen molar-refractivity contribution >= 4 is 15.7 Å². The lowest BCUT2D eigenvalue weighted by Gasteiger charge is -2.09. The molecule has 2 aromatic rings. The van der Waals surface area contributed by atoms with Gasteiger partial charge in [0.15, 0.2) is 0 Å². The van der Waals surface area contributed by atoms with Crippen molar-refractivity contribution in [2.45, 2.75) is 4.90 Å². The Morgan fingerprint density at radius 1 is 1.20 bits per heavy atom. The monoisotopic (exact) mass is 292 g/mol. The van der Waals surface area contributed by atoms with Crippen LogP contribution in [0.4, 0.5) is 10.1 Å². The van der Waals surface area contributed by atoms with Crippen LogP contribution in [0.25, 0.3) is 0 Å². The van der Waals surface area contributed by atoms with Gasteiger partial charge < -0.3 is 5.11 Å². The SMILES string of the molecule is N#Cc1cc(NS(=O)(=O)c2ccccc2O)ccc1F. The van der Waals surface area contributed by atoms with Gasteiger partial charge in [0.1, 0.15) is 22.5 Å². The van der Waals surface area contributed by atoms with Crippen LogP contribution in [0.2, 0.25) is 0 Å². The summed E-state index contributed by atoms with van der Waals surface area (Å²) in [6, 6.07) is 10.3. The van der Waals surface area contributed by atoms with Crippen LogP contribution < -0.4 is 4.72 Å². The molecule has 0 amide bonds. The Labute approximate surface area is 115 Å². The van der Waals surface area contributed by atoms with Crippen molar-refractivity contribution in [2.75, 3.05) is 4.72 Å². The lowest BCUT2D eigenvalue weighted by atomic mass is 10.2. The molecule has 0 aromatic heterocycles. The Bertz CT molecular complexity index is 798. The van der Waals surface area contributed by atoms with Crippen molar-refractivity contribution in [1.82, 2.24) is 0 Å². The maximum atomic E-state index is 13.2. The molecule has 0 atom stereocenters. The third kappa shape index (κ3) is 2.70. The highest BCUT2D eigenvalue weighted by Gasteiger charge is 2.18. The molecule has 0 saturated heterocycles. The van der Waals surface area contributed by atoms with E-state index in [1.54, 1.807) is 6.07 Å². The number of benzene rings is 2. The number of para-hydroxylation sites is 1. The maximum Gasteiger partial charge on any atom is 0.265 e. The van der Waals surface area contributed by atoms with E-state index in [0.29, 0.717) is 0 Å². The lowest BCUT2D eigenvalue weighted by molar-refractivity contribution is 0.459. The number of rotatable bonds is 3. The summed E-state index contributed by atoms with van der Waals surface area (Å²) in [6.07, 6.45) is 0. The molecule has 0 aliphatic heterocycles. The molecule has 0 aliphatic carbocycles. The fourth-order valence-corrected chi connectivity index (χ4v) is 2.72. The second-order valence-electron chi connectivity index (χ2n) is 3.88. The Kier molecular flexibility index (Phi) is 3.59. The van der Waals surface area contributed by atoms with E-state index >= 15 is 0 Å². The normalized spacial score (nSPS) is 10.8.